The highest BCUT2D eigenvalue weighted by molar-refractivity contribution is 5.90. The lowest BCUT2D eigenvalue weighted by Gasteiger charge is -2.22. The smallest absolute Gasteiger partial charge is 0.173 e. The van der Waals surface area contributed by atoms with Gasteiger partial charge in [0, 0.05) is 129 Å². The molecule has 10 aromatic heterocycles. The molecule has 0 atom stereocenters. The van der Waals surface area contributed by atoms with Crippen LogP contribution in [0.15, 0.2) is 182 Å². The Morgan fingerprint density at radius 3 is 0.736 bits per heavy atom. The van der Waals surface area contributed by atoms with E-state index in [2.05, 4.69) is 224 Å². The first-order valence-electron chi connectivity index (χ1n) is 50.6. The van der Waals surface area contributed by atoms with Crippen molar-refractivity contribution in [3.05, 3.63) is 265 Å². The molecule has 0 unspecified atom stereocenters. The van der Waals surface area contributed by atoms with Crippen LogP contribution in [0, 0.1) is 6.92 Å². The van der Waals surface area contributed by atoms with Gasteiger partial charge < -0.3 is 77.0 Å². The molecule has 144 heavy (non-hydrogen) atoms. The van der Waals surface area contributed by atoms with E-state index < -0.39 is 0 Å². The van der Waals surface area contributed by atoms with E-state index in [0.717, 1.165) is 168 Å². The summed E-state index contributed by atoms with van der Waals surface area (Å²) in [6.07, 6.45) is 17.4. The first-order valence-corrected chi connectivity index (χ1v) is 50.6. The average molecular weight is 1920 g/mol. The Kier molecular flexibility index (Phi) is 24.7. The third kappa shape index (κ3) is 17.8. The van der Waals surface area contributed by atoms with Crippen molar-refractivity contribution < 1.29 is 25.5 Å². The van der Waals surface area contributed by atoms with Crippen molar-refractivity contribution >= 4 is 55.2 Å². The molecule has 27 rings (SSSR count). The van der Waals surface area contributed by atoms with E-state index in [4.69, 9.17) is 24.9 Å². The Balaban J connectivity index is 0.0000000998. The maximum Gasteiger partial charge on any atom is 0.173 e. The van der Waals surface area contributed by atoms with Crippen molar-refractivity contribution in [3.8, 4) is 143 Å². The first-order chi connectivity index (χ1) is 70.2. The van der Waals surface area contributed by atoms with Crippen molar-refractivity contribution in [3.63, 3.8) is 0 Å². The number of unbranched alkanes of at least 4 members (excludes halogenated alkanes) is 1. The van der Waals surface area contributed by atoms with E-state index in [1.807, 2.05) is 90.7 Å². The van der Waals surface area contributed by atoms with Gasteiger partial charge in [0.25, 0.3) is 0 Å². The van der Waals surface area contributed by atoms with E-state index in [1.54, 1.807) is 23.4 Å². The molecule has 0 spiro atoms. The molecule has 5 aliphatic heterocycles. The average Bonchev–Trinajstić information content (AvgIpc) is 1.61. The van der Waals surface area contributed by atoms with Crippen molar-refractivity contribution in [2.45, 2.75) is 188 Å². The minimum Gasteiger partial charge on any atom is -0.504 e. The van der Waals surface area contributed by atoms with Gasteiger partial charge in [0.15, 0.2) is 57.9 Å². The normalized spacial score (nSPS) is 14.8. The summed E-state index contributed by atoms with van der Waals surface area (Å²) < 4.78 is 8.49. The van der Waals surface area contributed by atoms with Crippen molar-refractivity contribution in [1.29, 1.82) is 0 Å². The fourth-order valence-corrected chi connectivity index (χ4v) is 22.0. The fraction of sp³-hybridized carbons (Fsp3) is 0.298. The van der Waals surface area contributed by atoms with Gasteiger partial charge in [0.1, 0.15) is 56.9 Å². The van der Waals surface area contributed by atoms with Crippen molar-refractivity contribution in [2.24, 2.45) is 35.2 Å². The summed E-state index contributed by atoms with van der Waals surface area (Å²) in [6.45, 7) is 15.2. The van der Waals surface area contributed by atoms with Crippen LogP contribution in [0.4, 0.5) is 0 Å². The number of fused-ring (bicyclic) bond motifs is 10. The summed E-state index contributed by atoms with van der Waals surface area (Å²) in [5.74, 6) is 5.31. The number of nitrogens with one attached hydrogen (secondary N) is 10. The number of rotatable bonds is 17. The predicted molar refractivity (Wildman–Crippen MR) is 564 cm³/mol. The number of hydrogen-bond donors (Lipinski definition) is 15. The molecule has 20 aromatic rings. The lowest BCUT2D eigenvalue weighted by Crippen LogP contribution is -2.04. The Labute approximate surface area is 832 Å². The number of benzene rings is 10. The van der Waals surface area contributed by atoms with Crippen LogP contribution in [0.2, 0.25) is 0 Å². The van der Waals surface area contributed by atoms with Gasteiger partial charge in [-0.1, -0.05) is 186 Å². The number of aromatic amines is 5. The number of aromatic nitrogens is 20. The highest BCUT2D eigenvalue weighted by atomic mass is 16.3. The number of nitrogens with zero attached hydrogens (tertiary/aromatic N) is 15. The zero-order valence-electron chi connectivity index (χ0n) is 82.4. The SMILES string of the molecule is CCCCc1ccc(-c2nn(C)c(-c3nc4cc5c(cc4[nH]3)CNC5)c2O)cc1.CCCc1ccc(-c2nn(C)c(-c3nc4cc5c(cc4[nH]3)CNC5)c2O)cc1.Cc1ccc(-c2nn(C)c(-c3nc4cc5c(cc4[nH]3)CNC5)c2O)cc1.Cn1nc(-c2ccc(C3CCCC3)cc2)c(O)c1-c1nc2cc3c(cc2[nH]1)CNC3.Cn1nc(-c2ccc(C3CCCCC3)cc2)c(O)c1-c1nc2cc3c(cc2[nH]1)CNC3. The third-order valence-corrected chi connectivity index (χ3v) is 29.8. The molecule has 2 fully saturated rings. The number of aromatic hydroxyl groups is 5. The second-order valence-corrected chi connectivity index (χ2v) is 39.7. The van der Waals surface area contributed by atoms with Crippen LogP contribution in [-0.4, -0.2) is 124 Å². The molecule has 30 nitrogen and oxygen atoms in total. The molecule has 7 aliphatic rings. The largest absolute Gasteiger partial charge is 0.504 e. The lowest BCUT2D eigenvalue weighted by atomic mass is 9.84. The van der Waals surface area contributed by atoms with Crippen LogP contribution in [0.3, 0.4) is 0 Å². The summed E-state index contributed by atoms with van der Waals surface area (Å²) in [7, 11) is 9.20. The molecule has 730 valence electrons. The van der Waals surface area contributed by atoms with E-state index in [0.29, 0.717) is 97.9 Å². The molecule has 0 bridgehead atoms. The zero-order chi connectivity index (χ0) is 98.2. The molecule has 2 saturated carbocycles. The van der Waals surface area contributed by atoms with E-state index >= 15 is 0 Å². The Hall–Kier alpha value is -15.6. The minimum atomic E-state index is 0.143. The Morgan fingerprint density at radius 1 is 0.271 bits per heavy atom. The highest BCUT2D eigenvalue weighted by Gasteiger charge is 2.31. The quantitative estimate of drug-likeness (QED) is 0.0402. The Morgan fingerprint density at radius 2 is 0.493 bits per heavy atom. The fourth-order valence-electron chi connectivity index (χ4n) is 22.0. The number of aryl methyl sites for hydroxylation is 8. The maximum absolute atomic E-state index is 11.1. The number of imidazole rings is 5. The molecule has 10 aromatic carbocycles. The number of hydrogen-bond acceptors (Lipinski definition) is 20. The van der Waals surface area contributed by atoms with E-state index in [-0.39, 0.29) is 28.7 Å². The maximum atomic E-state index is 11.1. The van der Waals surface area contributed by atoms with E-state index in [1.165, 1.54) is 154 Å². The molecular formula is C114H119N25O5. The topological polar surface area (TPSA) is 394 Å². The molecule has 15 heterocycles. The van der Waals surface area contributed by atoms with Crippen LogP contribution in [0.25, 0.3) is 169 Å². The minimum absolute atomic E-state index is 0.143. The second kappa shape index (κ2) is 38.7. The van der Waals surface area contributed by atoms with Crippen LogP contribution in [0.1, 0.15) is 186 Å². The van der Waals surface area contributed by atoms with Gasteiger partial charge in [0.2, 0.25) is 0 Å². The summed E-state index contributed by atoms with van der Waals surface area (Å²) >= 11 is 0. The van der Waals surface area contributed by atoms with E-state index in [9.17, 15) is 25.5 Å². The summed E-state index contributed by atoms with van der Waals surface area (Å²) in [5, 5.41) is 94.5. The van der Waals surface area contributed by atoms with Crippen LogP contribution >= 0.6 is 0 Å². The van der Waals surface area contributed by atoms with Gasteiger partial charge in [-0.3, -0.25) is 23.4 Å². The summed E-state index contributed by atoms with van der Waals surface area (Å²) in [6, 6.07) is 63.0. The standard InChI is InChI=1S/C25H27N5O.C24H25N5O.C23H25N5O.C22H23N5O.C20H19N5O/c1-30-23(25-27-20-11-18-13-26-14-19(18)12-21(20)28-25)24(31)22(29-30)17-9-7-16(8-10-17)15-5-3-2-4-6-15;1-29-22(24-26-19-10-17-12-25-13-18(17)11-20(19)27-24)23(30)21(28-29)16-8-6-15(7-9-16)14-4-2-3-5-14;1-3-4-5-14-6-8-15(9-7-14)20-22(29)21(28(2)27-20)23-25-18-10-16-12-24-13-17(16)11-19(18)26-23;1-3-4-13-5-7-14(8-6-13)19-21(28)20(27(2)26-19)22-24-17-9-15-11-23-12-16(15)10-18(17)25-22;1-11-3-5-12(6-4-11)17-19(26)18(25(2)24-17)20-22-15-7-13-9-21-10-14(13)8-16(15)23-20/h7-12,15,26,31H,2-6,13-14H2,1H3,(H,27,28);6-11,14,25,30H,2-5,12-13H2,1H3,(H,26,27);6-11,24,29H,3-5,12-13H2,1-2H3,(H,25,26);5-10,23,28H,3-4,11-12H2,1-2H3,(H,24,25);3-8,21,26H,9-10H2,1-2H3,(H,22,23). The Bertz CT molecular complexity index is 8020. The third-order valence-electron chi connectivity index (χ3n) is 29.8. The van der Waals surface area contributed by atoms with Gasteiger partial charge in [0.05, 0.1) is 55.2 Å². The molecular weight excluding hydrogens is 1800 g/mol. The lowest BCUT2D eigenvalue weighted by molar-refractivity contribution is 0.443. The van der Waals surface area contributed by atoms with Gasteiger partial charge >= 0.3 is 0 Å². The van der Waals surface area contributed by atoms with Crippen LogP contribution < -0.4 is 26.6 Å². The van der Waals surface area contributed by atoms with Crippen LogP contribution in [0.5, 0.6) is 28.7 Å². The molecule has 15 N–H and O–H groups in total. The molecule has 2 aliphatic carbocycles. The van der Waals surface area contributed by atoms with Crippen LogP contribution in [-0.2, 0) is 114 Å². The number of H-pyrrole nitrogens is 5. The summed E-state index contributed by atoms with van der Waals surface area (Å²) in [4.78, 5) is 40.5. The molecule has 0 amide bonds. The predicted octanol–water partition coefficient (Wildman–Crippen LogP) is 21.0. The molecule has 30 heteroatoms. The van der Waals surface area contributed by atoms with Gasteiger partial charge in [-0.25, -0.2) is 24.9 Å². The highest BCUT2D eigenvalue weighted by Crippen LogP contribution is 2.47. The van der Waals surface area contributed by atoms with Gasteiger partial charge in [-0.05, 0) is 202 Å². The first kappa shape index (κ1) is 92.1. The van der Waals surface area contributed by atoms with Gasteiger partial charge in [-0.15, -0.1) is 0 Å². The monoisotopic (exact) mass is 1920 g/mol. The van der Waals surface area contributed by atoms with Gasteiger partial charge in [-0.2, -0.15) is 25.5 Å². The summed E-state index contributed by atoms with van der Waals surface area (Å²) in [5.41, 5.74) is 39.4. The molecule has 0 radical (unpaired) electrons. The molecule has 0 saturated heterocycles. The van der Waals surface area contributed by atoms with Crippen molar-refractivity contribution in [1.82, 2.24) is 125 Å². The second-order valence-electron chi connectivity index (χ2n) is 39.7. The van der Waals surface area contributed by atoms with Crippen molar-refractivity contribution in [2.75, 3.05) is 0 Å². The zero-order valence-corrected chi connectivity index (χ0v) is 82.4.